The van der Waals surface area contributed by atoms with E-state index in [9.17, 15) is 31.5 Å². The normalized spacial score (nSPS) is 17.3. The summed E-state index contributed by atoms with van der Waals surface area (Å²) >= 11 is 5.90. The number of rotatable bonds is 7. The molecule has 2 N–H and O–H groups in total. The first-order valence-electron chi connectivity index (χ1n) is 11.2. The van der Waals surface area contributed by atoms with Crippen LogP contribution in [0, 0.1) is 0 Å². The van der Waals surface area contributed by atoms with E-state index < -0.39 is 53.0 Å². The molecular formula is C24H25ClF5N3O4. The van der Waals surface area contributed by atoms with Crippen LogP contribution in [0.3, 0.4) is 0 Å². The Kier molecular flexibility index (Phi) is 8.33. The van der Waals surface area contributed by atoms with E-state index in [0.29, 0.717) is 25.5 Å². The van der Waals surface area contributed by atoms with E-state index in [-0.39, 0.29) is 16.4 Å². The second-order valence-corrected chi connectivity index (χ2v) is 9.71. The van der Waals surface area contributed by atoms with Gasteiger partial charge in [-0.1, -0.05) is 11.6 Å². The van der Waals surface area contributed by atoms with Crippen LogP contribution in [0.1, 0.15) is 49.5 Å². The standard InChI is InChI=1S/C24H25ClF5N3O4/c1-22(2,3)37-21(35)18(16-7-5-10-31-16)36-17-12-13(8-9-15(17)23(26,27)24(28,29)30)33-20(34)14-6-4-11-32-19(14)25/h4,6,8-9,11-12,16,18,31H,5,7,10H2,1-3H3,(H,33,34)/t16?,18-/m0/s1. The lowest BCUT2D eigenvalue weighted by atomic mass is 10.0. The molecule has 1 saturated heterocycles. The number of nitrogens with zero attached hydrogens (tertiary/aromatic N) is 1. The highest BCUT2D eigenvalue weighted by Crippen LogP contribution is 2.48. The molecule has 7 nitrogen and oxygen atoms in total. The van der Waals surface area contributed by atoms with E-state index in [1.165, 1.54) is 18.3 Å². The number of pyridine rings is 1. The monoisotopic (exact) mass is 549 g/mol. The largest absolute Gasteiger partial charge is 0.476 e. The van der Waals surface area contributed by atoms with E-state index in [0.717, 1.165) is 12.1 Å². The molecule has 1 aliphatic heterocycles. The van der Waals surface area contributed by atoms with Gasteiger partial charge in [-0.05, 0) is 64.4 Å². The van der Waals surface area contributed by atoms with Gasteiger partial charge in [0.05, 0.1) is 17.2 Å². The number of hydrogen-bond donors (Lipinski definition) is 2. The molecule has 202 valence electrons. The first kappa shape index (κ1) is 28.6. The number of halogens is 6. The van der Waals surface area contributed by atoms with E-state index in [1.54, 1.807) is 20.8 Å². The summed E-state index contributed by atoms with van der Waals surface area (Å²) in [5, 5.41) is 5.20. The Balaban J connectivity index is 2.03. The van der Waals surface area contributed by atoms with Crippen LogP contribution in [0.2, 0.25) is 5.15 Å². The molecule has 1 unspecified atom stereocenters. The van der Waals surface area contributed by atoms with E-state index >= 15 is 0 Å². The Morgan fingerprint density at radius 3 is 2.43 bits per heavy atom. The Bertz CT molecular complexity index is 1150. The molecule has 1 aliphatic rings. The number of carbonyl (C=O) groups excluding carboxylic acids is 2. The van der Waals surface area contributed by atoms with Crippen LogP contribution in [-0.4, -0.2) is 47.3 Å². The number of ether oxygens (including phenoxy) is 2. The van der Waals surface area contributed by atoms with Crippen molar-refractivity contribution in [1.29, 1.82) is 0 Å². The van der Waals surface area contributed by atoms with Crippen LogP contribution in [0.15, 0.2) is 36.5 Å². The molecule has 1 fully saturated rings. The summed E-state index contributed by atoms with van der Waals surface area (Å²) in [6, 6.07) is 4.22. The fourth-order valence-corrected chi connectivity index (χ4v) is 3.83. The molecule has 1 amide bonds. The predicted molar refractivity (Wildman–Crippen MR) is 125 cm³/mol. The molecular weight excluding hydrogens is 525 g/mol. The number of anilines is 1. The van der Waals surface area contributed by atoms with Crippen molar-refractivity contribution in [2.75, 3.05) is 11.9 Å². The minimum atomic E-state index is -5.95. The summed E-state index contributed by atoms with van der Waals surface area (Å²) in [6.07, 6.45) is -5.13. The summed E-state index contributed by atoms with van der Waals surface area (Å²) in [5.41, 5.74) is -2.74. The van der Waals surface area contributed by atoms with Gasteiger partial charge in [0.2, 0.25) is 6.10 Å². The third kappa shape index (κ3) is 6.86. The third-order valence-corrected chi connectivity index (χ3v) is 5.60. The SMILES string of the molecule is CC(C)(C)OC(=O)[C@@H](Oc1cc(NC(=O)c2cccnc2Cl)ccc1C(F)(F)C(F)(F)F)C1CCCN1. The molecule has 0 spiro atoms. The number of alkyl halides is 5. The number of esters is 1. The zero-order valence-corrected chi connectivity index (χ0v) is 20.8. The molecule has 13 heteroatoms. The molecule has 37 heavy (non-hydrogen) atoms. The highest BCUT2D eigenvalue weighted by Gasteiger charge is 2.60. The predicted octanol–water partition coefficient (Wildman–Crippen LogP) is 5.48. The number of carbonyl (C=O) groups is 2. The van der Waals surface area contributed by atoms with Crippen molar-refractivity contribution >= 4 is 29.2 Å². The lowest BCUT2D eigenvalue weighted by molar-refractivity contribution is -0.289. The summed E-state index contributed by atoms with van der Waals surface area (Å²) in [6.45, 7) is 5.22. The molecule has 2 heterocycles. The molecule has 0 bridgehead atoms. The smallest absolute Gasteiger partial charge is 0.458 e. The van der Waals surface area contributed by atoms with Crippen molar-refractivity contribution in [1.82, 2.24) is 10.3 Å². The fraction of sp³-hybridized carbons (Fsp3) is 0.458. The zero-order valence-electron chi connectivity index (χ0n) is 20.1. The lowest BCUT2D eigenvalue weighted by Crippen LogP contribution is -2.47. The first-order valence-corrected chi connectivity index (χ1v) is 11.6. The number of aromatic nitrogens is 1. The maximum absolute atomic E-state index is 14.5. The van der Waals surface area contributed by atoms with Crippen molar-refractivity contribution in [3.8, 4) is 5.75 Å². The van der Waals surface area contributed by atoms with Crippen LogP contribution in [0.5, 0.6) is 5.75 Å². The highest BCUT2D eigenvalue weighted by molar-refractivity contribution is 6.33. The molecule has 0 aliphatic carbocycles. The topological polar surface area (TPSA) is 89.5 Å². The van der Waals surface area contributed by atoms with Gasteiger partial charge in [-0.15, -0.1) is 0 Å². The van der Waals surface area contributed by atoms with Crippen LogP contribution in [0.4, 0.5) is 27.6 Å². The number of nitrogens with one attached hydrogen (secondary N) is 2. The van der Waals surface area contributed by atoms with Gasteiger partial charge < -0.3 is 20.1 Å². The Morgan fingerprint density at radius 1 is 1.16 bits per heavy atom. The number of benzene rings is 1. The van der Waals surface area contributed by atoms with Crippen molar-refractivity contribution < 1.29 is 41.0 Å². The zero-order chi connectivity index (χ0) is 27.6. The Morgan fingerprint density at radius 2 is 1.86 bits per heavy atom. The Labute approximate surface area is 214 Å². The second-order valence-electron chi connectivity index (χ2n) is 9.35. The average molecular weight is 550 g/mol. The number of amides is 1. The fourth-order valence-electron chi connectivity index (χ4n) is 3.62. The lowest BCUT2D eigenvalue weighted by Gasteiger charge is -2.30. The van der Waals surface area contributed by atoms with Gasteiger partial charge in [-0.25, -0.2) is 9.78 Å². The summed E-state index contributed by atoms with van der Waals surface area (Å²) in [5.74, 6) is -7.99. The van der Waals surface area contributed by atoms with E-state index in [1.807, 2.05) is 0 Å². The Hall–Kier alpha value is -2.99. The highest BCUT2D eigenvalue weighted by atomic mass is 35.5. The minimum Gasteiger partial charge on any atom is -0.476 e. The van der Waals surface area contributed by atoms with Gasteiger partial charge in [0.15, 0.2) is 0 Å². The molecule has 2 atom stereocenters. The maximum atomic E-state index is 14.5. The second kappa shape index (κ2) is 10.8. The van der Waals surface area contributed by atoms with Crippen molar-refractivity contribution in [2.45, 2.75) is 63.5 Å². The number of hydrogen-bond acceptors (Lipinski definition) is 6. The summed E-state index contributed by atoms with van der Waals surface area (Å²) < 4.78 is 79.8. The summed E-state index contributed by atoms with van der Waals surface area (Å²) in [7, 11) is 0. The van der Waals surface area contributed by atoms with Crippen LogP contribution in [-0.2, 0) is 15.5 Å². The summed E-state index contributed by atoms with van der Waals surface area (Å²) in [4.78, 5) is 29.3. The van der Waals surface area contributed by atoms with Gasteiger partial charge in [-0.3, -0.25) is 4.79 Å². The van der Waals surface area contributed by atoms with Gasteiger partial charge in [0, 0.05) is 18.0 Å². The molecule has 0 radical (unpaired) electrons. The average Bonchev–Trinajstić information content (AvgIpc) is 3.30. The van der Waals surface area contributed by atoms with E-state index in [2.05, 4.69) is 15.6 Å². The third-order valence-electron chi connectivity index (χ3n) is 5.29. The minimum absolute atomic E-state index is 0.0573. The maximum Gasteiger partial charge on any atom is 0.458 e. The molecule has 0 saturated carbocycles. The first-order chi connectivity index (χ1) is 17.1. The molecule has 2 aromatic rings. The van der Waals surface area contributed by atoms with Gasteiger partial charge >= 0.3 is 18.1 Å². The van der Waals surface area contributed by atoms with Crippen LogP contribution >= 0.6 is 11.6 Å². The van der Waals surface area contributed by atoms with Gasteiger partial charge in [0.1, 0.15) is 16.5 Å². The van der Waals surface area contributed by atoms with Crippen molar-refractivity contribution in [3.63, 3.8) is 0 Å². The van der Waals surface area contributed by atoms with Gasteiger partial charge in [0.25, 0.3) is 5.91 Å². The van der Waals surface area contributed by atoms with Gasteiger partial charge in [-0.2, -0.15) is 22.0 Å². The quantitative estimate of drug-likeness (QED) is 0.270. The molecule has 3 rings (SSSR count). The van der Waals surface area contributed by atoms with Crippen molar-refractivity contribution in [3.05, 3.63) is 52.8 Å². The van der Waals surface area contributed by atoms with Crippen LogP contribution in [0.25, 0.3) is 0 Å². The van der Waals surface area contributed by atoms with E-state index in [4.69, 9.17) is 21.1 Å². The van der Waals surface area contributed by atoms with Crippen molar-refractivity contribution in [2.24, 2.45) is 0 Å². The molecule has 1 aromatic carbocycles. The molecule has 1 aromatic heterocycles. The van der Waals surface area contributed by atoms with Crippen LogP contribution < -0.4 is 15.4 Å².